The Morgan fingerprint density at radius 1 is 1.27 bits per heavy atom. The molecule has 0 heterocycles. The molecule has 0 aliphatic carbocycles. The Bertz CT molecular complexity index is 148. The first-order valence-corrected chi connectivity index (χ1v) is 4.45. The van der Waals surface area contributed by atoms with Crippen molar-refractivity contribution in [1.82, 2.24) is 0 Å². The lowest BCUT2D eigenvalue weighted by atomic mass is 10.8. The topological polar surface area (TPSA) is 72.8 Å². The maximum absolute atomic E-state index is 9.33. The molecular formula is C5H14O5S. The third kappa shape index (κ3) is 25.8. The normalized spacial score (nSPS) is 10.2. The van der Waals surface area contributed by atoms with Gasteiger partial charge in [-0.25, -0.2) is 0 Å². The zero-order valence-electron chi connectivity index (χ0n) is 6.90. The minimum atomic E-state index is -4.16. The Kier molecular flexibility index (Phi) is 9.68. The predicted octanol–water partition coefficient (Wildman–Crippen LogP) is 0.478. The lowest BCUT2D eigenvalue weighted by Gasteiger charge is -1.86. The second-order valence-corrected chi connectivity index (χ2v) is 2.56. The van der Waals surface area contributed by atoms with Gasteiger partial charge >= 0.3 is 10.4 Å². The Morgan fingerprint density at radius 3 is 1.55 bits per heavy atom. The molecule has 1 N–H and O–H groups in total. The predicted molar refractivity (Wildman–Crippen MR) is 40.7 cm³/mol. The molecule has 0 aliphatic heterocycles. The van der Waals surface area contributed by atoms with Crippen LogP contribution in [0.2, 0.25) is 0 Å². The van der Waals surface area contributed by atoms with E-state index in [4.69, 9.17) is 9.29 Å². The van der Waals surface area contributed by atoms with Crippen LogP contribution in [0.5, 0.6) is 0 Å². The summed E-state index contributed by atoms with van der Waals surface area (Å²) in [5, 5.41) is 0. The SMILES string of the molecule is CCOCC.COS(=O)(=O)O. The summed E-state index contributed by atoms with van der Waals surface area (Å²) in [5.74, 6) is 0. The molecule has 0 aromatic carbocycles. The van der Waals surface area contributed by atoms with Gasteiger partial charge in [0.05, 0.1) is 7.11 Å². The molecule has 11 heavy (non-hydrogen) atoms. The van der Waals surface area contributed by atoms with Crippen molar-refractivity contribution in [2.75, 3.05) is 20.3 Å². The van der Waals surface area contributed by atoms with Gasteiger partial charge in [-0.2, -0.15) is 8.42 Å². The second-order valence-electron chi connectivity index (χ2n) is 1.38. The minimum Gasteiger partial charge on any atom is -0.382 e. The highest BCUT2D eigenvalue weighted by atomic mass is 32.3. The Morgan fingerprint density at radius 2 is 1.55 bits per heavy atom. The van der Waals surface area contributed by atoms with Crippen molar-refractivity contribution in [3.05, 3.63) is 0 Å². The Labute approximate surface area is 67.3 Å². The van der Waals surface area contributed by atoms with E-state index in [0.717, 1.165) is 20.3 Å². The molecule has 5 nitrogen and oxygen atoms in total. The molecule has 0 rings (SSSR count). The van der Waals surface area contributed by atoms with Gasteiger partial charge in [0.2, 0.25) is 0 Å². The molecule has 0 radical (unpaired) electrons. The quantitative estimate of drug-likeness (QED) is 0.649. The molecule has 0 spiro atoms. The summed E-state index contributed by atoms with van der Waals surface area (Å²) < 4.78 is 34.5. The lowest BCUT2D eigenvalue weighted by Crippen LogP contribution is -1.96. The third-order valence-corrected chi connectivity index (χ3v) is 1.04. The van der Waals surface area contributed by atoms with Crippen LogP contribution in [0.1, 0.15) is 13.8 Å². The zero-order chi connectivity index (χ0) is 9.33. The van der Waals surface area contributed by atoms with Crippen LogP contribution >= 0.6 is 0 Å². The average molecular weight is 186 g/mol. The summed E-state index contributed by atoms with van der Waals surface area (Å²) >= 11 is 0. The van der Waals surface area contributed by atoms with Gasteiger partial charge < -0.3 is 4.74 Å². The van der Waals surface area contributed by atoms with E-state index in [0.29, 0.717) is 0 Å². The number of hydrogen-bond acceptors (Lipinski definition) is 4. The highest BCUT2D eigenvalue weighted by molar-refractivity contribution is 7.80. The van der Waals surface area contributed by atoms with Crippen molar-refractivity contribution in [3.8, 4) is 0 Å². The largest absolute Gasteiger partial charge is 0.397 e. The smallest absolute Gasteiger partial charge is 0.382 e. The van der Waals surface area contributed by atoms with Crippen molar-refractivity contribution in [1.29, 1.82) is 0 Å². The van der Waals surface area contributed by atoms with Crippen LogP contribution < -0.4 is 0 Å². The van der Waals surface area contributed by atoms with Gasteiger partial charge in [0.25, 0.3) is 0 Å². The highest BCUT2D eigenvalue weighted by Gasteiger charge is 1.93. The Balaban J connectivity index is 0. The van der Waals surface area contributed by atoms with E-state index in [2.05, 4.69) is 4.18 Å². The Hall–Kier alpha value is -0.170. The molecule has 70 valence electrons. The molecule has 0 saturated carbocycles. The van der Waals surface area contributed by atoms with E-state index in [1.807, 2.05) is 13.8 Å². The summed E-state index contributed by atoms with van der Waals surface area (Å²) in [5.41, 5.74) is 0. The first kappa shape index (κ1) is 13.4. The van der Waals surface area contributed by atoms with E-state index in [9.17, 15) is 8.42 Å². The summed E-state index contributed by atoms with van der Waals surface area (Å²) in [6.07, 6.45) is 0. The van der Waals surface area contributed by atoms with Crippen LogP contribution in [0.15, 0.2) is 0 Å². The minimum absolute atomic E-state index is 0.844. The lowest BCUT2D eigenvalue weighted by molar-refractivity contribution is 0.162. The van der Waals surface area contributed by atoms with E-state index in [1.54, 1.807) is 0 Å². The number of rotatable bonds is 3. The van der Waals surface area contributed by atoms with Crippen LogP contribution in [0.3, 0.4) is 0 Å². The fourth-order valence-corrected chi connectivity index (χ4v) is 0.204. The van der Waals surface area contributed by atoms with Gasteiger partial charge in [0.1, 0.15) is 0 Å². The van der Waals surface area contributed by atoms with Gasteiger partial charge in [-0.3, -0.25) is 8.74 Å². The highest BCUT2D eigenvalue weighted by Crippen LogP contribution is 1.74. The van der Waals surface area contributed by atoms with Crippen molar-refractivity contribution < 1.29 is 21.9 Å². The average Bonchev–Trinajstić information content (AvgIpc) is 1.90. The molecule has 0 atom stereocenters. The molecule has 0 aromatic heterocycles. The summed E-state index contributed by atoms with van der Waals surface area (Å²) in [4.78, 5) is 0. The summed E-state index contributed by atoms with van der Waals surface area (Å²) in [6, 6.07) is 0. The second kappa shape index (κ2) is 7.93. The number of hydrogen-bond donors (Lipinski definition) is 1. The zero-order valence-corrected chi connectivity index (χ0v) is 7.72. The van der Waals surface area contributed by atoms with E-state index in [1.165, 1.54) is 0 Å². The molecule has 0 fully saturated rings. The van der Waals surface area contributed by atoms with Crippen LogP contribution in [-0.4, -0.2) is 33.3 Å². The van der Waals surface area contributed by atoms with Crippen LogP contribution in [0, 0.1) is 0 Å². The van der Waals surface area contributed by atoms with Gasteiger partial charge in [-0.05, 0) is 13.8 Å². The molecular weight excluding hydrogens is 172 g/mol. The van der Waals surface area contributed by atoms with Crippen molar-refractivity contribution in [3.63, 3.8) is 0 Å². The fourth-order valence-electron chi connectivity index (χ4n) is 0.204. The first-order chi connectivity index (χ1) is 4.97. The molecule has 6 heteroatoms. The van der Waals surface area contributed by atoms with E-state index >= 15 is 0 Å². The number of ether oxygens (including phenoxy) is 1. The van der Waals surface area contributed by atoms with Crippen molar-refractivity contribution >= 4 is 10.4 Å². The van der Waals surface area contributed by atoms with E-state index < -0.39 is 10.4 Å². The maximum atomic E-state index is 9.33. The van der Waals surface area contributed by atoms with Crippen molar-refractivity contribution in [2.24, 2.45) is 0 Å². The first-order valence-electron chi connectivity index (χ1n) is 3.08. The maximum Gasteiger partial charge on any atom is 0.397 e. The van der Waals surface area contributed by atoms with Crippen molar-refractivity contribution in [2.45, 2.75) is 13.8 Å². The van der Waals surface area contributed by atoms with E-state index in [-0.39, 0.29) is 0 Å². The summed E-state index contributed by atoms with van der Waals surface area (Å²) in [7, 11) is -3.29. The summed E-state index contributed by atoms with van der Waals surface area (Å²) in [6.45, 7) is 5.67. The van der Waals surface area contributed by atoms with Crippen LogP contribution in [0.4, 0.5) is 0 Å². The fraction of sp³-hybridized carbons (Fsp3) is 1.00. The molecule has 0 aromatic rings. The van der Waals surface area contributed by atoms with Gasteiger partial charge in [0, 0.05) is 13.2 Å². The molecule has 0 bridgehead atoms. The standard InChI is InChI=1S/C4H10O.CH4O4S/c1-3-5-4-2;1-5-6(2,3)4/h3-4H2,1-2H3;1H3,(H,2,3,4). The molecule has 0 amide bonds. The van der Waals surface area contributed by atoms with Gasteiger partial charge in [0.15, 0.2) is 0 Å². The third-order valence-electron chi connectivity index (χ3n) is 0.619. The molecule has 0 saturated heterocycles. The van der Waals surface area contributed by atoms with Gasteiger partial charge in [-0.15, -0.1) is 0 Å². The van der Waals surface area contributed by atoms with Crippen LogP contribution in [0.25, 0.3) is 0 Å². The molecule has 0 unspecified atom stereocenters. The molecule has 0 aliphatic rings. The monoisotopic (exact) mass is 186 g/mol. The van der Waals surface area contributed by atoms with Crippen LogP contribution in [-0.2, 0) is 19.3 Å². The van der Waals surface area contributed by atoms with Gasteiger partial charge in [-0.1, -0.05) is 0 Å².